The van der Waals surface area contributed by atoms with E-state index in [1.165, 1.54) is 17.3 Å². The molecule has 3 aromatic rings. The van der Waals surface area contributed by atoms with Gasteiger partial charge in [-0.05, 0) is 57.0 Å². The molecule has 0 atom stereocenters. The van der Waals surface area contributed by atoms with E-state index in [9.17, 15) is 14.7 Å². The molecule has 0 aliphatic carbocycles. The van der Waals surface area contributed by atoms with Crippen LogP contribution in [0.4, 0.5) is 5.69 Å². The van der Waals surface area contributed by atoms with Crippen LogP contribution in [0.15, 0.2) is 53.4 Å². The highest BCUT2D eigenvalue weighted by atomic mass is 32.2. The van der Waals surface area contributed by atoms with E-state index < -0.39 is 10.7 Å². The number of hydrogen-bond donors (Lipinski definition) is 2. The van der Waals surface area contributed by atoms with E-state index in [1.807, 2.05) is 60.0 Å². The molecule has 2 N–H and O–H groups in total. The third kappa shape index (κ3) is 5.87. The van der Waals surface area contributed by atoms with Gasteiger partial charge in [-0.1, -0.05) is 31.2 Å². The molecule has 180 valence electrons. The van der Waals surface area contributed by atoms with E-state index >= 15 is 0 Å². The predicted octanol–water partition coefficient (Wildman–Crippen LogP) is 5.27. The molecule has 3 rings (SSSR count). The van der Waals surface area contributed by atoms with Crippen LogP contribution in [0.25, 0.3) is 11.4 Å². The SMILES string of the molecule is CCc1ccc(NC(=O)c2nc(-c3ccc(SC(C)(C)C(=O)O)cc3)n(CCOC)c2C)cc1. The van der Waals surface area contributed by atoms with E-state index in [0.717, 1.165) is 28.3 Å². The first-order chi connectivity index (χ1) is 16.2. The van der Waals surface area contributed by atoms with Crippen LogP contribution in [0.2, 0.25) is 0 Å². The average molecular weight is 482 g/mol. The van der Waals surface area contributed by atoms with E-state index in [-0.39, 0.29) is 5.91 Å². The maximum Gasteiger partial charge on any atom is 0.319 e. The van der Waals surface area contributed by atoms with Crippen LogP contribution >= 0.6 is 11.8 Å². The number of carboxylic acid groups (broad SMARTS) is 1. The zero-order chi connectivity index (χ0) is 24.9. The lowest BCUT2D eigenvalue weighted by atomic mass is 10.1. The Morgan fingerprint density at radius 3 is 2.32 bits per heavy atom. The highest BCUT2D eigenvalue weighted by molar-refractivity contribution is 8.01. The standard InChI is InChI=1S/C26H31N3O4S/c1-6-18-7-11-20(12-8-18)27-24(30)22-17(2)29(15-16-33-5)23(28-22)19-9-13-21(14-10-19)34-26(3,4)25(31)32/h7-14H,6,15-16H2,1-5H3,(H,27,30)(H,31,32). The number of carbonyl (C=O) groups excluding carboxylic acids is 1. The second-order valence-electron chi connectivity index (χ2n) is 8.46. The second-order valence-corrected chi connectivity index (χ2v) is 10.2. The number of nitrogens with one attached hydrogen (secondary N) is 1. The van der Waals surface area contributed by atoms with Gasteiger partial charge >= 0.3 is 5.97 Å². The fraction of sp³-hybridized carbons (Fsp3) is 0.346. The summed E-state index contributed by atoms with van der Waals surface area (Å²) in [5.41, 5.74) is 3.87. The first-order valence-electron chi connectivity index (χ1n) is 11.2. The molecule has 0 aliphatic rings. The highest BCUT2D eigenvalue weighted by Gasteiger charge is 2.28. The summed E-state index contributed by atoms with van der Waals surface area (Å²) in [5, 5.41) is 12.3. The number of aryl methyl sites for hydroxylation is 1. The van der Waals surface area contributed by atoms with Crippen LogP contribution in [0.3, 0.4) is 0 Å². The van der Waals surface area contributed by atoms with Gasteiger partial charge in [-0.15, -0.1) is 11.8 Å². The summed E-state index contributed by atoms with van der Waals surface area (Å²) in [6.45, 7) is 8.34. The van der Waals surface area contributed by atoms with Crippen molar-refractivity contribution >= 4 is 29.3 Å². The summed E-state index contributed by atoms with van der Waals surface area (Å²) >= 11 is 1.28. The summed E-state index contributed by atoms with van der Waals surface area (Å²) < 4.78 is 6.31. The maximum atomic E-state index is 13.1. The lowest BCUT2D eigenvalue weighted by molar-refractivity contribution is -0.138. The Morgan fingerprint density at radius 2 is 1.76 bits per heavy atom. The lowest BCUT2D eigenvalue weighted by Gasteiger charge is -2.18. The summed E-state index contributed by atoms with van der Waals surface area (Å²) in [4.78, 5) is 30.0. The molecule has 8 heteroatoms. The van der Waals surface area contributed by atoms with Crippen LogP contribution < -0.4 is 5.32 Å². The number of carbonyl (C=O) groups is 2. The molecule has 0 saturated carbocycles. The molecule has 0 bridgehead atoms. The van der Waals surface area contributed by atoms with Crippen molar-refractivity contribution in [3.05, 3.63) is 65.5 Å². The van der Waals surface area contributed by atoms with Crippen molar-refractivity contribution in [3.63, 3.8) is 0 Å². The van der Waals surface area contributed by atoms with Gasteiger partial charge in [0.05, 0.1) is 6.61 Å². The molecule has 0 saturated heterocycles. The lowest BCUT2D eigenvalue weighted by Crippen LogP contribution is -2.26. The van der Waals surface area contributed by atoms with Crippen molar-refractivity contribution in [2.24, 2.45) is 0 Å². The molecule has 1 heterocycles. The van der Waals surface area contributed by atoms with Gasteiger partial charge in [0.1, 0.15) is 16.3 Å². The van der Waals surface area contributed by atoms with E-state index in [2.05, 4.69) is 17.2 Å². The molecule has 34 heavy (non-hydrogen) atoms. The topological polar surface area (TPSA) is 93.5 Å². The Kier molecular flexibility index (Phi) is 8.17. The fourth-order valence-electron chi connectivity index (χ4n) is 3.45. The van der Waals surface area contributed by atoms with Gasteiger partial charge in [-0.3, -0.25) is 9.59 Å². The normalized spacial score (nSPS) is 11.4. The maximum absolute atomic E-state index is 13.1. The van der Waals surface area contributed by atoms with Crippen LogP contribution in [0, 0.1) is 6.92 Å². The van der Waals surface area contributed by atoms with Crippen LogP contribution in [-0.2, 0) is 22.5 Å². The fourth-order valence-corrected chi connectivity index (χ4v) is 4.40. The van der Waals surface area contributed by atoms with E-state index in [1.54, 1.807) is 21.0 Å². The van der Waals surface area contributed by atoms with Gasteiger partial charge in [-0.25, -0.2) is 4.98 Å². The van der Waals surface area contributed by atoms with Crippen molar-refractivity contribution < 1.29 is 19.4 Å². The van der Waals surface area contributed by atoms with Crippen molar-refractivity contribution in [2.75, 3.05) is 19.0 Å². The van der Waals surface area contributed by atoms with Crippen molar-refractivity contribution in [1.82, 2.24) is 9.55 Å². The molecule has 0 unspecified atom stereocenters. The number of nitrogens with zero attached hydrogens (tertiary/aromatic N) is 2. The van der Waals surface area contributed by atoms with Gasteiger partial charge in [-0.2, -0.15) is 0 Å². The highest BCUT2D eigenvalue weighted by Crippen LogP contribution is 2.34. The molecule has 0 spiro atoms. The molecular formula is C26H31N3O4S. The van der Waals surface area contributed by atoms with Gasteiger partial charge in [0.2, 0.25) is 0 Å². The molecule has 0 radical (unpaired) electrons. The first kappa shape index (κ1) is 25.5. The summed E-state index contributed by atoms with van der Waals surface area (Å²) in [6.07, 6.45) is 0.936. The number of thioether (sulfide) groups is 1. The Morgan fingerprint density at radius 1 is 1.12 bits per heavy atom. The number of methoxy groups -OCH3 is 1. The Bertz CT molecular complexity index is 1150. The van der Waals surface area contributed by atoms with Crippen LogP contribution in [-0.4, -0.2) is 45.0 Å². The molecule has 7 nitrogen and oxygen atoms in total. The third-order valence-corrected chi connectivity index (χ3v) is 6.77. The number of hydrogen-bond acceptors (Lipinski definition) is 5. The molecule has 0 aliphatic heterocycles. The molecule has 1 aromatic heterocycles. The zero-order valence-corrected chi connectivity index (χ0v) is 21.0. The number of aliphatic carboxylic acids is 1. The van der Waals surface area contributed by atoms with Gasteiger partial charge in [0.15, 0.2) is 0 Å². The van der Waals surface area contributed by atoms with Crippen molar-refractivity contribution in [1.29, 1.82) is 0 Å². The quantitative estimate of drug-likeness (QED) is 0.383. The predicted molar refractivity (Wildman–Crippen MR) is 136 cm³/mol. The molecule has 1 amide bonds. The Hall–Kier alpha value is -3.10. The van der Waals surface area contributed by atoms with E-state index in [4.69, 9.17) is 4.74 Å². The smallest absolute Gasteiger partial charge is 0.319 e. The minimum Gasteiger partial charge on any atom is -0.480 e. The number of benzene rings is 2. The number of anilines is 1. The van der Waals surface area contributed by atoms with Crippen molar-refractivity contribution in [3.8, 4) is 11.4 Å². The minimum atomic E-state index is -0.935. The van der Waals surface area contributed by atoms with Gasteiger partial charge < -0.3 is 19.7 Å². The van der Waals surface area contributed by atoms with Gasteiger partial charge in [0.25, 0.3) is 5.91 Å². The minimum absolute atomic E-state index is 0.269. The number of ether oxygens (including phenoxy) is 1. The summed E-state index contributed by atoms with van der Waals surface area (Å²) in [5.74, 6) is -0.475. The third-order valence-electron chi connectivity index (χ3n) is 5.58. The van der Waals surface area contributed by atoms with E-state index in [0.29, 0.717) is 24.7 Å². The molecule has 2 aromatic carbocycles. The number of rotatable bonds is 10. The average Bonchev–Trinajstić information content (AvgIpc) is 3.14. The number of aromatic nitrogens is 2. The van der Waals surface area contributed by atoms with Crippen molar-refractivity contribution in [2.45, 2.75) is 50.3 Å². The summed E-state index contributed by atoms with van der Waals surface area (Å²) in [6, 6.07) is 15.3. The summed E-state index contributed by atoms with van der Waals surface area (Å²) in [7, 11) is 1.63. The van der Waals surface area contributed by atoms with Gasteiger partial charge in [0, 0.05) is 35.5 Å². The zero-order valence-electron chi connectivity index (χ0n) is 20.2. The number of imidazole rings is 1. The largest absolute Gasteiger partial charge is 0.480 e. The Balaban J connectivity index is 1.90. The van der Waals surface area contributed by atoms with Crippen LogP contribution in [0.5, 0.6) is 0 Å². The number of carboxylic acids is 1. The molecule has 0 fully saturated rings. The number of amides is 1. The first-order valence-corrected chi connectivity index (χ1v) is 12.0. The second kappa shape index (κ2) is 10.9. The monoisotopic (exact) mass is 481 g/mol. The Labute approximate surface area is 204 Å². The molecular weight excluding hydrogens is 450 g/mol. The van der Waals surface area contributed by atoms with Crippen LogP contribution in [0.1, 0.15) is 42.5 Å².